The molecule has 0 aromatic rings. The number of hydrogen-bond donors (Lipinski definition) is 1. The number of carbonyl (C=O) groups is 1. The van der Waals surface area contributed by atoms with E-state index in [0.29, 0.717) is 0 Å². The number of rotatable bonds is 1. The van der Waals surface area contributed by atoms with E-state index in [-0.39, 0.29) is 21.1 Å². The first-order valence-electron chi connectivity index (χ1n) is 1.12. The molecule has 0 atom stereocenters. The van der Waals surface area contributed by atoms with E-state index in [1.807, 2.05) is 0 Å². The van der Waals surface area contributed by atoms with Crippen LogP contribution in [0.15, 0.2) is 12.7 Å². The summed E-state index contributed by atoms with van der Waals surface area (Å²) < 4.78 is 0. The average molecular weight is 168 g/mol. The minimum atomic E-state index is -0.981. The zero-order valence-electron chi connectivity index (χ0n) is 3.05. The maximum absolute atomic E-state index is 9.25. The summed E-state index contributed by atoms with van der Waals surface area (Å²) in [7, 11) is 0. The van der Waals surface area contributed by atoms with Gasteiger partial charge in [0.15, 0.2) is 0 Å². The molecule has 0 heterocycles. The zero-order chi connectivity index (χ0) is 4.28. The number of carboxylic acids is 1. The van der Waals surface area contributed by atoms with E-state index in [1.54, 1.807) is 0 Å². The second-order valence-electron chi connectivity index (χ2n) is 0.542. The largest absolute Gasteiger partial charge is 0.478 e. The summed E-state index contributed by atoms with van der Waals surface area (Å²) >= 11 is 0. The molecule has 0 rings (SSSR count). The molecule has 0 radical (unpaired) electrons. The monoisotopic (exact) mass is 170 g/mol. The standard InChI is InChI=1S/C3H4O2.Mo/c1-2-3(4)5;/h2H,1H2,(H,4,5);. The molecular formula is C3H4MoO2. The summed E-state index contributed by atoms with van der Waals surface area (Å²) in [6.07, 6.45) is 0.833. The van der Waals surface area contributed by atoms with E-state index in [0.717, 1.165) is 6.08 Å². The molecule has 3 heteroatoms. The van der Waals surface area contributed by atoms with Gasteiger partial charge in [-0.2, -0.15) is 0 Å². The van der Waals surface area contributed by atoms with Crippen molar-refractivity contribution in [1.82, 2.24) is 0 Å². The van der Waals surface area contributed by atoms with Crippen molar-refractivity contribution in [3.63, 3.8) is 0 Å². The Balaban J connectivity index is 0. The van der Waals surface area contributed by atoms with Crippen molar-refractivity contribution in [3.05, 3.63) is 12.7 Å². The van der Waals surface area contributed by atoms with Gasteiger partial charge >= 0.3 is 5.97 Å². The third-order valence-electron chi connectivity index (χ3n) is 0.175. The Morgan fingerprint density at radius 3 is 2.00 bits per heavy atom. The first-order valence-corrected chi connectivity index (χ1v) is 1.12. The third-order valence-corrected chi connectivity index (χ3v) is 0.175. The predicted molar refractivity (Wildman–Crippen MR) is 17.8 cm³/mol. The fourth-order valence-corrected chi connectivity index (χ4v) is 0. The van der Waals surface area contributed by atoms with E-state index in [1.165, 1.54) is 0 Å². The molecule has 0 bridgehead atoms. The van der Waals surface area contributed by atoms with Crippen molar-refractivity contribution in [3.8, 4) is 0 Å². The molecule has 34 valence electrons. The first kappa shape index (κ1) is 9.31. The van der Waals surface area contributed by atoms with Crippen molar-refractivity contribution in [2.24, 2.45) is 0 Å². The molecule has 0 aliphatic rings. The summed E-state index contributed by atoms with van der Waals surface area (Å²) in [6, 6.07) is 0. The van der Waals surface area contributed by atoms with E-state index in [4.69, 9.17) is 5.11 Å². The Morgan fingerprint density at radius 1 is 1.83 bits per heavy atom. The van der Waals surface area contributed by atoms with E-state index >= 15 is 0 Å². The van der Waals surface area contributed by atoms with Crippen LogP contribution >= 0.6 is 0 Å². The van der Waals surface area contributed by atoms with Crippen LogP contribution in [0.1, 0.15) is 0 Å². The van der Waals surface area contributed by atoms with Gasteiger partial charge in [-0.3, -0.25) is 0 Å². The normalized spacial score (nSPS) is 5.33. The summed E-state index contributed by atoms with van der Waals surface area (Å²) in [5, 5.41) is 7.60. The van der Waals surface area contributed by atoms with Gasteiger partial charge in [-0.1, -0.05) is 6.58 Å². The summed E-state index contributed by atoms with van der Waals surface area (Å²) in [5.41, 5.74) is 0. The Hall–Kier alpha value is -0.102. The van der Waals surface area contributed by atoms with Crippen LogP contribution in [-0.4, -0.2) is 11.1 Å². The SMILES string of the molecule is C=CC(=O)O.[Mo]. The molecule has 6 heavy (non-hydrogen) atoms. The van der Waals surface area contributed by atoms with Crippen molar-refractivity contribution in [2.75, 3.05) is 0 Å². The molecule has 0 saturated heterocycles. The molecule has 0 amide bonds. The van der Waals surface area contributed by atoms with Crippen LogP contribution in [-0.2, 0) is 25.9 Å². The molecule has 0 aliphatic carbocycles. The van der Waals surface area contributed by atoms with Gasteiger partial charge in [0, 0.05) is 27.1 Å². The first-order chi connectivity index (χ1) is 2.27. The van der Waals surface area contributed by atoms with Gasteiger partial charge < -0.3 is 5.11 Å². The van der Waals surface area contributed by atoms with E-state index in [2.05, 4.69) is 6.58 Å². The average Bonchev–Trinajstić information content (AvgIpc) is 1.38. The fraction of sp³-hybridized carbons (Fsp3) is 0. The molecule has 2 nitrogen and oxygen atoms in total. The van der Waals surface area contributed by atoms with Gasteiger partial charge in [-0.05, 0) is 0 Å². The van der Waals surface area contributed by atoms with Crippen LogP contribution in [0.25, 0.3) is 0 Å². The number of carboxylic acid groups (broad SMARTS) is 1. The van der Waals surface area contributed by atoms with Gasteiger partial charge in [0.25, 0.3) is 0 Å². The second kappa shape index (κ2) is 4.90. The number of aliphatic carboxylic acids is 1. The van der Waals surface area contributed by atoms with Crippen LogP contribution in [0.4, 0.5) is 0 Å². The van der Waals surface area contributed by atoms with Crippen molar-refractivity contribution >= 4 is 5.97 Å². The van der Waals surface area contributed by atoms with Gasteiger partial charge in [0.1, 0.15) is 0 Å². The van der Waals surface area contributed by atoms with Gasteiger partial charge in [-0.15, -0.1) is 0 Å². The van der Waals surface area contributed by atoms with E-state index < -0.39 is 5.97 Å². The summed E-state index contributed by atoms with van der Waals surface area (Å²) in [4.78, 5) is 9.25. The Labute approximate surface area is 50.1 Å². The van der Waals surface area contributed by atoms with E-state index in [9.17, 15) is 4.79 Å². The predicted octanol–water partition coefficient (Wildman–Crippen LogP) is 0.254. The molecule has 1 N–H and O–H groups in total. The molecule has 0 saturated carbocycles. The maximum Gasteiger partial charge on any atom is 0.327 e. The Bertz CT molecular complexity index is 59.8. The molecular weight excluding hydrogens is 164 g/mol. The Kier molecular flexibility index (Phi) is 7.60. The minimum Gasteiger partial charge on any atom is -0.478 e. The van der Waals surface area contributed by atoms with Crippen LogP contribution < -0.4 is 0 Å². The van der Waals surface area contributed by atoms with Crippen LogP contribution in [0.3, 0.4) is 0 Å². The van der Waals surface area contributed by atoms with Gasteiger partial charge in [-0.25, -0.2) is 4.79 Å². The summed E-state index contributed by atoms with van der Waals surface area (Å²) in [6.45, 7) is 2.96. The molecule has 0 aliphatic heterocycles. The van der Waals surface area contributed by atoms with Crippen LogP contribution in [0, 0.1) is 0 Å². The van der Waals surface area contributed by atoms with Crippen molar-refractivity contribution in [2.45, 2.75) is 0 Å². The van der Waals surface area contributed by atoms with Crippen molar-refractivity contribution < 1.29 is 31.0 Å². The van der Waals surface area contributed by atoms with Crippen LogP contribution in [0.2, 0.25) is 0 Å². The number of hydrogen-bond acceptors (Lipinski definition) is 1. The quantitative estimate of drug-likeness (QED) is 0.450. The molecule has 0 fully saturated rings. The molecule has 0 aromatic carbocycles. The fourth-order valence-electron chi connectivity index (χ4n) is 0. The molecule has 0 unspecified atom stereocenters. The van der Waals surface area contributed by atoms with Gasteiger partial charge in [0.05, 0.1) is 0 Å². The zero-order valence-corrected chi connectivity index (χ0v) is 5.06. The second-order valence-corrected chi connectivity index (χ2v) is 0.542. The Morgan fingerprint density at radius 2 is 2.00 bits per heavy atom. The van der Waals surface area contributed by atoms with Crippen LogP contribution in [0.5, 0.6) is 0 Å². The van der Waals surface area contributed by atoms with Gasteiger partial charge in [0.2, 0.25) is 0 Å². The smallest absolute Gasteiger partial charge is 0.327 e. The molecule has 0 spiro atoms. The minimum absolute atomic E-state index is 0. The third kappa shape index (κ3) is 9.09. The van der Waals surface area contributed by atoms with Crippen molar-refractivity contribution in [1.29, 1.82) is 0 Å². The summed E-state index contributed by atoms with van der Waals surface area (Å²) in [5.74, 6) is -0.981. The maximum atomic E-state index is 9.25. The molecule has 0 aromatic heterocycles. The topological polar surface area (TPSA) is 37.3 Å².